The van der Waals surface area contributed by atoms with Crippen LogP contribution in [-0.2, 0) is 0 Å². The highest BCUT2D eigenvalue weighted by molar-refractivity contribution is 5.97. The summed E-state index contributed by atoms with van der Waals surface area (Å²) in [4.78, 5) is 24.9. The zero-order valence-corrected chi connectivity index (χ0v) is 18.8. The van der Waals surface area contributed by atoms with Crippen molar-refractivity contribution in [2.24, 2.45) is 0 Å². The summed E-state index contributed by atoms with van der Waals surface area (Å²) in [5.41, 5.74) is 3.86. The van der Waals surface area contributed by atoms with Crippen LogP contribution in [0.5, 0.6) is 11.5 Å². The van der Waals surface area contributed by atoms with E-state index in [1.807, 2.05) is 72.8 Å². The van der Waals surface area contributed by atoms with E-state index in [1.165, 1.54) is 0 Å². The van der Waals surface area contributed by atoms with Gasteiger partial charge < -0.3 is 20.2 Å². The van der Waals surface area contributed by atoms with Crippen LogP contribution >= 0.6 is 0 Å². The quantitative estimate of drug-likeness (QED) is 0.225. The summed E-state index contributed by atoms with van der Waals surface area (Å²) in [6.07, 6.45) is 7.25. The molecule has 5 aromatic rings. The fraction of sp³-hybridized carbons (Fsp3) is 0. The van der Waals surface area contributed by atoms with Gasteiger partial charge in [0.1, 0.15) is 22.8 Å². The Morgan fingerprint density at radius 2 is 0.917 bits per heavy atom. The van der Waals surface area contributed by atoms with Crippen molar-refractivity contribution in [3.8, 4) is 11.5 Å². The molecule has 0 saturated heterocycles. The third-order valence-electron chi connectivity index (χ3n) is 6.27. The van der Waals surface area contributed by atoms with Crippen molar-refractivity contribution in [1.82, 2.24) is 29.9 Å². The second-order valence-corrected chi connectivity index (χ2v) is 8.52. The van der Waals surface area contributed by atoms with Gasteiger partial charge in [-0.15, -0.1) is 0 Å². The highest BCUT2D eigenvalue weighted by Crippen LogP contribution is 2.32. The largest absolute Gasteiger partial charge is 0.507 e. The fourth-order valence-corrected chi connectivity index (χ4v) is 4.52. The first-order chi connectivity index (χ1) is 17.6. The molecule has 0 spiro atoms. The summed E-state index contributed by atoms with van der Waals surface area (Å²) in [7, 11) is 0. The molecule has 0 unspecified atom stereocenters. The minimum atomic E-state index is 0.120. The van der Waals surface area contributed by atoms with E-state index in [4.69, 9.17) is 0 Å². The Morgan fingerprint density at radius 3 is 1.39 bits per heavy atom. The lowest BCUT2D eigenvalue weighted by atomic mass is 10.1. The zero-order valence-electron chi connectivity index (χ0n) is 18.8. The highest BCUT2D eigenvalue weighted by Gasteiger charge is 2.10. The number of nitrogens with one attached hydrogen (secondary N) is 2. The van der Waals surface area contributed by atoms with E-state index in [0.29, 0.717) is 55.9 Å². The van der Waals surface area contributed by atoms with Gasteiger partial charge in [0.25, 0.3) is 0 Å². The number of aromatic nitrogens is 6. The molecule has 8 heteroatoms. The lowest BCUT2D eigenvalue weighted by Gasteiger charge is -2.00. The summed E-state index contributed by atoms with van der Waals surface area (Å²) in [6.45, 7) is 0. The number of hydrogen-bond acceptors (Lipinski definition) is 6. The molecular weight excluding hydrogens is 452 g/mol. The SMILES string of the molecule is Oc1c2cccc1c1ccc(nc3nc(c4cccc(c4O)c4ccc(nc5nc2C=C5)[nH]4)C=C3)[nH]1. The molecule has 36 heavy (non-hydrogen) atoms. The molecule has 0 aliphatic carbocycles. The number of phenolic OH excluding ortho intramolecular Hbond substituents is 2. The van der Waals surface area contributed by atoms with Crippen molar-refractivity contribution in [1.29, 1.82) is 0 Å². The maximum atomic E-state index is 11.1. The molecule has 2 aliphatic rings. The van der Waals surface area contributed by atoms with E-state index in [1.54, 1.807) is 12.2 Å². The van der Waals surface area contributed by atoms with Gasteiger partial charge in [-0.2, -0.15) is 0 Å². The first kappa shape index (κ1) is 20.2. The Balaban J connectivity index is 1.62. The summed E-state index contributed by atoms with van der Waals surface area (Å²) in [5, 5.41) is 24.6. The third-order valence-corrected chi connectivity index (χ3v) is 6.27. The predicted octanol–water partition coefficient (Wildman–Crippen LogP) is 5.73. The standard InChI is InChI=1S/C28H18N6O2/c35-27-15-3-1-4-16(27)20-8-12-24(30-20)34-26-14-10-22(32-26)18-6-2-5-17(28(18)36)21-9-13-25(31-21)33-23-11-7-19(15)29-23/h1-14,29,32,35-36H. The molecule has 0 fully saturated rings. The molecule has 0 saturated carbocycles. The van der Waals surface area contributed by atoms with Crippen molar-refractivity contribution < 1.29 is 10.2 Å². The second-order valence-electron chi connectivity index (χ2n) is 8.52. The second kappa shape index (κ2) is 7.64. The van der Waals surface area contributed by atoms with Crippen LogP contribution in [0.1, 0.15) is 23.0 Å². The molecule has 0 atom stereocenters. The van der Waals surface area contributed by atoms with Crippen LogP contribution in [0.3, 0.4) is 0 Å². The van der Waals surface area contributed by atoms with E-state index in [0.717, 1.165) is 11.0 Å². The number of aromatic amines is 2. The fourth-order valence-electron chi connectivity index (χ4n) is 4.52. The van der Waals surface area contributed by atoms with Crippen LogP contribution < -0.4 is 0 Å². The predicted molar refractivity (Wildman–Crippen MR) is 142 cm³/mol. The van der Waals surface area contributed by atoms with Gasteiger partial charge in [0, 0.05) is 21.5 Å². The average molecular weight is 470 g/mol. The van der Waals surface area contributed by atoms with Crippen LogP contribution in [0.2, 0.25) is 0 Å². The first-order valence-electron chi connectivity index (χ1n) is 11.4. The third kappa shape index (κ3) is 3.24. The summed E-state index contributed by atoms with van der Waals surface area (Å²) in [6, 6.07) is 18.5. The minimum Gasteiger partial charge on any atom is -0.507 e. The molecule has 2 aliphatic heterocycles. The van der Waals surface area contributed by atoms with E-state index in [9.17, 15) is 10.2 Å². The average Bonchev–Trinajstić information content (AvgIpc) is 3.68. The zero-order chi connectivity index (χ0) is 24.2. The van der Waals surface area contributed by atoms with Crippen molar-refractivity contribution in [2.75, 3.05) is 0 Å². The molecule has 12 bridgehead atoms. The van der Waals surface area contributed by atoms with Gasteiger partial charge in [0.05, 0.1) is 22.4 Å². The van der Waals surface area contributed by atoms with Gasteiger partial charge in [-0.3, -0.25) is 0 Å². The number of rotatable bonds is 0. The van der Waals surface area contributed by atoms with Crippen LogP contribution in [0.4, 0.5) is 0 Å². The molecule has 2 aromatic carbocycles. The van der Waals surface area contributed by atoms with Gasteiger partial charge in [-0.05, 0) is 72.8 Å². The number of aromatic hydroxyl groups is 2. The van der Waals surface area contributed by atoms with Crippen LogP contribution in [0.15, 0.2) is 60.7 Å². The maximum Gasteiger partial charge on any atom is 0.155 e. The number of phenols is 2. The summed E-state index contributed by atoms with van der Waals surface area (Å²) >= 11 is 0. The lowest BCUT2D eigenvalue weighted by Crippen LogP contribution is -1.83. The van der Waals surface area contributed by atoms with Crippen molar-refractivity contribution in [2.45, 2.75) is 0 Å². The van der Waals surface area contributed by atoms with E-state index in [-0.39, 0.29) is 11.5 Å². The number of fused-ring (bicyclic) bond motifs is 16. The number of para-hydroxylation sites is 2. The Kier molecular flexibility index (Phi) is 4.28. The van der Waals surface area contributed by atoms with E-state index >= 15 is 0 Å². The van der Waals surface area contributed by atoms with Gasteiger partial charge >= 0.3 is 0 Å². The summed E-state index contributed by atoms with van der Waals surface area (Å²) < 4.78 is 0. The lowest BCUT2D eigenvalue weighted by molar-refractivity contribution is 0.486. The molecule has 4 N–H and O–H groups in total. The molecular formula is C28H18N6O2. The minimum absolute atomic E-state index is 0.120. The number of benzene rings is 2. The van der Waals surface area contributed by atoms with Gasteiger partial charge in [0.2, 0.25) is 0 Å². The monoisotopic (exact) mass is 470 g/mol. The molecule has 0 radical (unpaired) electrons. The smallest absolute Gasteiger partial charge is 0.155 e. The van der Waals surface area contributed by atoms with Crippen molar-refractivity contribution in [3.05, 3.63) is 83.7 Å². The van der Waals surface area contributed by atoms with E-state index in [2.05, 4.69) is 29.9 Å². The number of H-pyrrole nitrogens is 2. The number of nitrogens with zero attached hydrogens (tertiary/aromatic N) is 4. The van der Waals surface area contributed by atoms with Gasteiger partial charge in [0.15, 0.2) is 11.6 Å². The van der Waals surface area contributed by atoms with Crippen LogP contribution in [0, 0.1) is 0 Å². The Hall–Kier alpha value is -5.24. The van der Waals surface area contributed by atoms with Gasteiger partial charge in [-0.1, -0.05) is 12.1 Å². The Morgan fingerprint density at radius 1 is 0.472 bits per heavy atom. The van der Waals surface area contributed by atoms with Crippen molar-refractivity contribution >= 4 is 68.2 Å². The molecule has 3 aromatic heterocycles. The normalized spacial score (nSPS) is 12.4. The van der Waals surface area contributed by atoms with Gasteiger partial charge in [-0.25, -0.2) is 19.9 Å². The van der Waals surface area contributed by atoms with E-state index < -0.39 is 0 Å². The molecule has 7 rings (SSSR count). The molecule has 172 valence electrons. The topological polar surface area (TPSA) is 124 Å². The molecule has 5 heterocycles. The highest BCUT2D eigenvalue weighted by atomic mass is 16.3. The number of hydrogen-bond donors (Lipinski definition) is 4. The Bertz CT molecular complexity index is 1840. The van der Waals surface area contributed by atoms with Crippen LogP contribution in [-0.4, -0.2) is 40.1 Å². The Labute approximate surface area is 203 Å². The molecule has 0 amide bonds. The first-order valence-corrected chi connectivity index (χ1v) is 11.4. The maximum absolute atomic E-state index is 11.1. The van der Waals surface area contributed by atoms with Crippen LogP contribution in [0.25, 0.3) is 68.2 Å². The van der Waals surface area contributed by atoms with Crippen molar-refractivity contribution in [3.63, 3.8) is 0 Å². The molecule has 8 nitrogen and oxygen atoms in total. The summed E-state index contributed by atoms with van der Waals surface area (Å²) in [5.74, 6) is 1.25.